The quantitative estimate of drug-likeness (QED) is 0.869. The first-order chi connectivity index (χ1) is 9.37. The average molecular weight is 275 g/mol. The average Bonchev–Trinajstić information content (AvgIpc) is 2.78. The van der Waals surface area contributed by atoms with Gasteiger partial charge < -0.3 is 10.1 Å². The van der Waals surface area contributed by atoms with Crippen molar-refractivity contribution in [2.75, 3.05) is 13.2 Å². The minimum absolute atomic E-state index is 0.205. The molecular weight excluding hydrogens is 246 g/mol. The molecule has 0 saturated heterocycles. The summed E-state index contributed by atoms with van der Waals surface area (Å²) in [6.45, 7) is 13.3. The Kier molecular flexibility index (Phi) is 4.74. The van der Waals surface area contributed by atoms with E-state index in [1.54, 1.807) is 0 Å². The van der Waals surface area contributed by atoms with Crippen LogP contribution in [0.4, 0.5) is 0 Å². The number of para-hydroxylation sites is 1. The molecule has 0 bridgehead atoms. The second kappa shape index (κ2) is 6.17. The molecule has 1 heterocycles. The van der Waals surface area contributed by atoms with Crippen molar-refractivity contribution in [1.29, 1.82) is 0 Å². The predicted molar refractivity (Wildman–Crippen MR) is 85.4 cm³/mol. The lowest BCUT2D eigenvalue weighted by molar-refractivity contribution is 0.266. The molecule has 0 fully saturated rings. The molecule has 1 N–H and O–H groups in total. The largest absolute Gasteiger partial charge is 0.493 e. The zero-order valence-corrected chi connectivity index (χ0v) is 13.6. The number of benzene rings is 1. The van der Waals surface area contributed by atoms with Crippen LogP contribution in [0, 0.1) is 11.8 Å². The summed E-state index contributed by atoms with van der Waals surface area (Å²) in [5, 5.41) is 3.62. The smallest absolute Gasteiger partial charge is 0.122 e. The molecule has 1 aromatic rings. The Balaban J connectivity index is 1.88. The van der Waals surface area contributed by atoms with E-state index in [0.29, 0.717) is 17.8 Å². The van der Waals surface area contributed by atoms with E-state index in [-0.39, 0.29) is 5.54 Å². The highest BCUT2D eigenvalue weighted by Gasteiger charge is 2.27. The van der Waals surface area contributed by atoms with Crippen molar-refractivity contribution in [1.82, 2.24) is 5.32 Å². The van der Waals surface area contributed by atoms with Crippen LogP contribution in [0.3, 0.4) is 0 Å². The van der Waals surface area contributed by atoms with Crippen LogP contribution < -0.4 is 10.1 Å². The van der Waals surface area contributed by atoms with Crippen LogP contribution in [0.5, 0.6) is 5.75 Å². The van der Waals surface area contributed by atoms with Crippen molar-refractivity contribution in [3.63, 3.8) is 0 Å². The molecule has 0 spiro atoms. The summed E-state index contributed by atoms with van der Waals surface area (Å²) in [7, 11) is 0. The van der Waals surface area contributed by atoms with Gasteiger partial charge in [0.2, 0.25) is 0 Å². The molecule has 0 radical (unpaired) electrons. The Morgan fingerprint density at radius 3 is 2.60 bits per heavy atom. The van der Waals surface area contributed by atoms with Crippen LogP contribution >= 0.6 is 0 Å². The molecule has 112 valence electrons. The van der Waals surface area contributed by atoms with Gasteiger partial charge in [-0.05, 0) is 51.6 Å². The molecule has 2 heteroatoms. The number of rotatable bonds is 5. The molecule has 0 aliphatic carbocycles. The molecule has 1 aliphatic heterocycles. The van der Waals surface area contributed by atoms with Gasteiger partial charge in [-0.25, -0.2) is 0 Å². The normalized spacial score (nSPS) is 21.1. The van der Waals surface area contributed by atoms with E-state index in [1.807, 2.05) is 0 Å². The van der Waals surface area contributed by atoms with Gasteiger partial charge in [-0.2, -0.15) is 0 Å². The third-order valence-electron chi connectivity index (χ3n) is 4.38. The predicted octanol–water partition coefficient (Wildman–Crippen LogP) is 4.21. The summed E-state index contributed by atoms with van der Waals surface area (Å²) in [6, 6.07) is 8.48. The molecule has 20 heavy (non-hydrogen) atoms. The number of nitrogens with one attached hydrogen (secondary N) is 1. The van der Waals surface area contributed by atoms with Gasteiger partial charge in [0.15, 0.2) is 0 Å². The fourth-order valence-corrected chi connectivity index (χ4v) is 2.77. The van der Waals surface area contributed by atoms with E-state index in [1.165, 1.54) is 12.0 Å². The summed E-state index contributed by atoms with van der Waals surface area (Å²) in [4.78, 5) is 0. The van der Waals surface area contributed by atoms with Crippen molar-refractivity contribution in [3.8, 4) is 5.75 Å². The zero-order chi connectivity index (χ0) is 14.8. The highest BCUT2D eigenvalue weighted by Crippen LogP contribution is 2.38. The van der Waals surface area contributed by atoms with Crippen molar-refractivity contribution in [2.45, 2.75) is 52.5 Å². The third-order valence-corrected chi connectivity index (χ3v) is 4.38. The van der Waals surface area contributed by atoms with Gasteiger partial charge in [-0.3, -0.25) is 0 Å². The first-order valence-electron chi connectivity index (χ1n) is 7.83. The van der Waals surface area contributed by atoms with Crippen LogP contribution in [-0.2, 0) is 0 Å². The fraction of sp³-hybridized carbons (Fsp3) is 0.667. The summed E-state index contributed by atoms with van der Waals surface area (Å²) in [5.74, 6) is 3.04. The molecule has 2 nitrogen and oxygen atoms in total. The van der Waals surface area contributed by atoms with Gasteiger partial charge in [-0.15, -0.1) is 0 Å². The van der Waals surface area contributed by atoms with Gasteiger partial charge in [0, 0.05) is 17.0 Å². The summed E-state index contributed by atoms with van der Waals surface area (Å²) < 4.78 is 5.79. The molecule has 1 aromatic carbocycles. The number of hydrogen-bond donors (Lipinski definition) is 1. The molecule has 3 atom stereocenters. The van der Waals surface area contributed by atoms with Gasteiger partial charge in [0.1, 0.15) is 5.75 Å². The van der Waals surface area contributed by atoms with Gasteiger partial charge in [-0.1, -0.05) is 32.0 Å². The van der Waals surface area contributed by atoms with Crippen LogP contribution in [0.2, 0.25) is 0 Å². The maximum atomic E-state index is 5.79. The SMILES string of the molecule is CC(CNC(C)(C)C)C(C)CC1COc2ccccc21. The fourth-order valence-electron chi connectivity index (χ4n) is 2.77. The van der Waals surface area contributed by atoms with Gasteiger partial charge in [0.05, 0.1) is 6.61 Å². The number of hydrogen-bond acceptors (Lipinski definition) is 2. The minimum Gasteiger partial charge on any atom is -0.493 e. The maximum Gasteiger partial charge on any atom is 0.122 e. The molecule has 1 aliphatic rings. The lowest BCUT2D eigenvalue weighted by atomic mass is 9.84. The summed E-state index contributed by atoms with van der Waals surface area (Å²) in [5.41, 5.74) is 1.60. The van der Waals surface area contributed by atoms with E-state index in [0.717, 1.165) is 18.9 Å². The van der Waals surface area contributed by atoms with Crippen LogP contribution in [-0.4, -0.2) is 18.7 Å². The van der Waals surface area contributed by atoms with Crippen molar-refractivity contribution < 1.29 is 4.74 Å². The standard InChI is InChI=1S/C18H29NO/c1-13(14(2)11-19-18(3,4)5)10-15-12-20-17-9-7-6-8-16(15)17/h6-9,13-15,19H,10-12H2,1-5H3. The Morgan fingerprint density at radius 1 is 1.20 bits per heavy atom. The van der Waals surface area contributed by atoms with Crippen LogP contribution in [0.25, 0.3) is 0 Å². The van der Waals surface area contributed by atoms with E-state index >= 15 is 0 Å². The Bertz CT molecular complexity index is 435. The van der Waals surface area contributed by atoms with Crippen molar-refractivity contribution >= 4 is 0 Å². The third kappa shape index (κ3) is 3.99. The maximum absolute atomic E-state index is 5.79. The number of ether oxygens (including phenoxy) is 1. The molecule has 3 unspecified atom stereocenters. The van der Waals surface area contributed by atoms with E-state index < -0.39 is 0 Å². The van der Waals surface area contributed by atoms with E-state index in [9.17, 15) is 0 Å². The molecule has 0 saturated carbocycles. The first-order valence-corrected chi connectivity index (χ1v) is 7.83. The lowest BCUT2D eigenvalue weighted by Gasteiger charge is -2.27. The molecule has 0 amide bonds. The van der Waals surface area contributed by atoms with Crippen molar-refractivity contribution in [2.24, 2.45) is 11.8 Å². The van der Waals surface area contributed by atoms with Gasteiger partial charge >= 0.3 is 0 Å². The van der Waals surface area contributed by atoms with E-state index in [4.69, 9.17) is 4.74 Å². The molecular formula is C18H29NO. The zero-order valence-electron chi connectivity index (χ0n) is 13.6. The highest BCUT2D eigenvalue weighted by molar-refractivity contribution is 5.39. The van der Waals surface area contributed by atoms with E-state index in [2.05, 4.69) is 64.2 Å². The second-order valence-corrected chi connectivity index (χ2v) is 7.37. The topological polar surface area (TPSA) is 21.3 Å². The van der Waals surface area contributed by atoms with Gasteiger partial charge in [0.25, 0.3) is 0 Å². The number of fused-ring (bicyclic) bond motifs is 1. The second-order valence-electron chi connectivity index (χ2n) is 7.37. The molecule has 2 rings (SSSR count). The summed E-state index contributed by atoms with van der Waals surface area (Å²) >= 11 is 0. The minimum atomic E-state index is 0.205. The first kappa shape index (κ1) is 15.4. The Morgan fingerprint density at radius 2 is 1.90 bits per heavy atom. The summed E-state index contributed by atoms with van der Waals surface area (Å²) in [6.07, 6.45) is 1.21. The van der Waals surface area contributed by atoms with Crippen LogP contribution in [0.1, 0.15) is 52.5 Å². The monoisotopic (exact) mass is 275 g/mol. The Hall–Kier alpha value is -1.02. The highest BCUT2D eigenvalue weighted by atomic mass is 16.5. The lowest BCUT2D eigenvalue weighted by Crippen LogP contribution is -2.39. The van der Waals surface area contributed by atoms with Crippen LogP contribution in [0.15, 0.2) is 24.3 Å². The Labute approximate surface area is 123 Å². The molecule has 0 aromatic heterocycles. The van der Waals surface area contributed by atoms with Crippen molar-refractivity contribution in [3.05, 3.63) is 29.8 Å².